The number of sulfonamides is 1. The van der Waals surface area contributed by atoms with Crippen molar-refractivity contribution in [3.05, 3.63) is 24.0 Å². The third-order valence-corrected chi connectivity index (χ3v) is 7.11. The molecule has 29 heavy (non-hydrogen) atoms. The number of imidazole rings is 1. The SMILES string of the molecule is CCCn1c(CN2CCCC(NC)C2)nc2cc(S(=O)(=O)N(C)C)ccc21.Cl.Cl. The Hall–Kier alpha value is -0.900. The Morgan fingerprint density at radius 2 is 2.00 bits per heavy atom. The molecular weight excluding hydrogens is 433 g/mol. The second kappa shape index (κ2) is 10.9. The van der Waals surface area contributed by atoms with Crippen LogP contribution in [0.25, 0.3) is 11.0 Å². The van der Waals surface area contributed by atoms with Crippen LogP contribution in [0.4, 0.5) is 0 Å². The van der Waals surface area contributed by atoms with E-state index < -0.39 is 10.0 Å². The van der Waals surface area contributed by atoms with Crippen LogP contribution in [0.5, 0.6) is 0 Å². The monoisotopic (exact) mass is 465 g/mol. The summed E-state index contributed by atoms with van der Waals surface area (Å²) in [5.74, 6) is 1.02. The lowest BCUT2D eigenvalue weighted by Crippen LogP contribution is -2.44. The Morgan fingerprint density at radius 3 is 2.62 bits per heavy atom. The number of hydrogen-bond acceptors (Lipinski definition) is 5. The van der Waals surface area contributed by atoms with Crippen LogP contribution in [0.3, 0.4) is 0 Å². The average Bonchev–Trinajstić information content (AvgIpc) is 2.98. The topological polar surface area (TPSA) is 70.5 Å². The molecule has 7 nitrogen and oxygen atoms in total. The van der Waals surface area contributed by atoms with Gasteiger partial charge in [-0.05, 0) is 51.1 Å². The van der Waals surface area contributed by atoms with Gasteiger partial charge in [0, 0.05) is 33.2 Å². The molecule has 0 aliphatic carbocycles. The molecule has 1 N–H and O–H groups in total. The van der Waals surface area contributed by atoms with Gasteiger partial charge in [-0.15, -0.1) is 24.8 Å². The van der Waals surface area contributed by atoms with Crippen molar-refractivity contribution in [1.82, 2.24) is 24.1 Å². The Labute approximate surface area is 186 Å². The van der Waals surface area contributed by atoms with Crippen LogP contribution in [0.2, 0.25) is 0 Å². The number of benzene rings is 1. The molecule has 10 heteroatoms. The number of fused-ring (bicyclic) bond motifs is 1. The van der Waals surface area contributed by atoms with Gasteiger partial charge in [0.05, 0.1) is 22.5 Å². The fourth-order valence-corrected chi connectivity index (χ4v) is 4.68. The van der Waals surface area contributed by atoms with E-state index in [2.05, 4.69) is 21.7 Å². The van der Waals surface area contributed by atoms with Gasteiger partial charge in [0.1, 0.15) is 5.82 Å². The molecule has 1 aromatic heterocycles. The van der Waals surface area contributed by atoms with E-state index in [9.17, 15) is 8.42 Å². The molecule has 1 atom stereocenters. The highest BCUT2D eigenvalue weighted by Crippen LogP contribution is 2.24. The summed E-state index contributed by atoms with van der Waals surface area (Å²) in [4.78, 5) is 7.56. The van der Waals surface area contributed by atoms with Crippen LogP contribution in [0.1, 0.15) is 32.0 Å². The molecule has 1 fully saturated rings. The molecule has 1 saturated heterocycles. The summed E-state index contributed by atoms with van der Waals surface area (Å²) in [6.07, 6.45) is 3.41. The largest absolute Gasteiger partial charge is 0.327 e. The number of likely N-dealkylation sites (N-methyl/N-ethyl adjacent to an activating group) is 1. The molecule has 1 aliphatic heterocycles. The number of hydrogen-bond donors (Lipinski definition) is 1. The Kier molecular flexibility index (Phi) is 9.85. The molecule has 1 unspecified atom stereocenters. The lowest BCUT2D eigenvalue weighted by atomic mass is 10.1. The van der Waals surface area contributed by atoms with Gasteiger partial charge in [0.15, 0.2) is 0 Å². The van der Waals surface area contributed by atoms with E-state index in [0.29, 0.717) is 10.9 Å². The maximum absolute atomic E-state index is 12.5. The maximum Gasteiger partial charge on any atom is 0.242 e. The molecule has 2 heterocycles. The van der Waals surface area contributed by atoms with E-state index in [0.717, 1.165) is 49.5 Å². The fraction of sp³-hybridized carbons (Fsp3) is 0.632. The van der Waals surface area contributed by atoms with E-state index in [1.165, 1.54) is 17.1 Å². The summed E-state index contributed by atoms with van der Waals surface area (Å²) in [6.45, 7) is 5.93. The van der Waals surface area contributed by atoms with Gasteiger partial charge < -0.3 is 9.88 Å². The molecule has 0 saturated carbocycles. The van der Waals surface area contributed by atoms with Crippen LogP contribution in [0, 0.1) is 0 Å². The summed E-state index contributed by atoms with van der Waals surface area (Å²) < 4.78 is 28.4. The first kappa shape index (κ1) is 26.1. The normalized spacial score (nSPS) is 17.9. The van der Waals surface area contributed by atoms with Crippen molar-refractivity contribution in [2.24, 2.45) is 0 Å². The minimum atomic E-state index is -3.46. The zero-order chi connectivity index (χ0) is 19.6. The Bertz CT molecular complexity index is 901. The summed E-state index contributed by atoms with van der Waals surface area (Å²) in [5.41, 5.74) is 1.76. The highest BCUT2D eigenvalue weighted by molar-refractivity contribution is 7.89. The molecule has 166 valence electrons. The van der Waals surface area contributed by atoms with Gasteiger partial charge in [-0.1, -0.05) is 6.92 Å². The molecule has 1 aromatic carbocycles. The Balaban J connectivity index is 0.00000210. The number of halogens is 2. The van der Waals surface area contributed by atoms with Crippen LogP contribution < -0.4 is 5.32 Å². The number of piperidine rings is 1. The molecule has 0 bridgehead atoms. The van der Waals surface area contributed by atoms with Crippen molar-refractivity contribution in [2.45, 2.75) is 50.2 Å². The Morgan fingerprint density at radius 1 is 1.28 bits per heavy atom. The predicted octanol–water partition coefficient (Wildman–Crippen LogP) is 2.72. The molecule has 3 rings (SSSR count). The lowest BCUT2D eigenvalue weighted by Gasteiger charge is -2.32. The molecule has 0 radical (unpaired) electrons. The summed E-state index contributed by atoms with van der Waals surface area (Å²) in [7, 11) is 1.67. The van der Waals surface area contributed by atoms with Crippen molar-refractivity contribution >= 4 is 45.9 Å². The van der Waals surface area contributed by atoms with Gasteiger partial charge >= 0.3 is 0 Å². The summed E-state index contributed by atoms with van der Waals surface area (Å²) in [6, 6.07) is 5.81. The number of rotatable bonds is 7. The first-order valence-electron chi connectivity index (χ1n) is 9.68. The first-order valence-corrected chi connectivity index (χ1v) is 11.1. The molecule has 0 spiro atoms. The summed E-state index contributed by atoms with van der Waals surface area (Å²) >= 11 is 0. The number of likely N-dealkylation sites (tertiary alicyclic amines) is 1. The van der Waals surface area contributed by atoms with Gasteiger partial charge in [0.2, 0.25) is 10.0 Å². The lowest BCUT2D eigenvalue weighted by molar-refractivity contribution is 0.182. The van der Waals surface area contributed by atoms with Crippen molar-refractivity contribution in [1.29, 1.82) is 0 Å². The standard InChI is InChI=1S/C19H31N5O2S.2ClH/c1-5-10-24-18-9-8-16(27(25,26)22(3)4)12-17(18)21-19(24)14-23-11-6-7-15(13-23)20-2;;/h8-9,12,15,20H,5-7,10-11,13-14H2,1-4H3;2*1H. The highest BCUT2D eigenvalue weighted by atomic mass is 35.5. The van der Waals surface area contributed by atoms with E-state index in [-0.39, 0.29) is 24.8 Å². The van der Waals surface area contributed by atoms with Crippen molar-refractivity contribution in [2.75, 3.05) is 34.2 Å². The van der Waals surface area contributed by atoms with Crippen molar-refractivity contribution in [3.63, 3.8) is 0 Å². The van der Waals surface area contributed by atoms with Gasteiger partial charge in [-0.2, -0.15) is 0 Å². The number of aryl methyl sites for hydroxylation is 1. The smallest absolute Gasteiger partial charge is 0.242 e. The van der Waals surface area contributed by atoms with Gasteiger partial charge in [-0.3, -0.25) is 4.90 Å². The average molecular weight is 466 g/mol. The van der Waals surface area contributed by atoms with E-state index in [1.54, 1.807) is 26.2 Å². The molecule has 2 aromatic rings. The van der Waals surface area contributed by atoms with Crippen LogP contribution in [-0.2, 0) is 23.1 Å². The van der Waals surface area contributed by atoms with Gasteiger partial charge in [-0.25, -0.2) is 17.7 Å². The fourth-order valence-electron chi connectivity index (χ4n) is 3.76. The van der Waals surface area contributed by atoms with E-state index in [4.69, 9.17) is 4.98 Å². The predicted molar refractivity (Wildman–Crippen MR) is 123 cm³/mol. The van der Waals surface area contributed by atoms with Crippen molar-refractivity contribution in [3.8, 4) is 0 Å². The van der Waals surface area contributed by atoms with E-state index in [1.807, 2.05) is 13.1 Å². The highest BCUT2D eigenvalue weighted by Gasteiger charge is 2.22. The molecule has 0 amide bonds. The zero-order valence-electron chi connectivity index (χ0n) is 17.6. The third kappa shape index (κ3) is 5.62. The zero-order valence-corrected chi connectivity index (χ0v) is 20.0. The second-order valence-corrected chi connectivity index (χ2v) is 9.63. The van der Waals surface area contributed by atoms with Crippen LogP contribution >= 0.6 is 24.8 Å². The van der Waals surface area contributed by atoms with E-state index >= 15 is 0 Å². The van der Waals surface area contributed by atoms with Crippen molar-refractivity contribution < 1.29 is 8.42 Å². The molecular formula is C19H33Cl2N5O2S. The summed E-state index contributed by atoms with van der Waals surface area (Å²) in [5, 5.41) is 3.38. The second-order valence-electron chi connectivity index (χ2n) is 7.48. The molecule has 1 aliphatic rings. The maximum atomic E-state index is 12.5. The quantitative estimate of drug-likeness (QED) is 0.680. The van der Waals surface area contributed by atoms with Gasteiger partial charge in [0.25, 0.3) is 0 Å². The number of nitrogens with one attached hydrogen (secondary N) is 1. The minimum Gasteiger partial charge on any atom is -0.327 e. The number of aromatic nitrogens is 2. The van der Waals surface area contributed by atoms with Crippen LogP contribution in [-0.4, -0.2) is 67.4 Å². The minimum absolute atomic E-state index is 0. The first-order chi connectivity index (χ1) is 12.9. The number of nitrogens with zero attached hydrogens (tertiary/aromatic N) is 4. The third-order valence-electron chi connectivity index (χ3n) is 5.30. The van der Waals surface area contributed by atoms with Crippen LogP contribution in [0.15, 0.2) is 23.1 Å².